The molecular formula is C90H79F2N11O7. The Kier molecular flexibility index (Phi) is 21.3. The molecule has 14 aromatic rings. The van der Waals surface area contributed by atoms with Crippen molar-refractivity contribution in [3.63, 3.8) is 0 Å². The number of H-pyrrole nitrogens is 1. The lowest BCUT2D eigenvalue weighted by atomic mass is 9.84. The standard InChI is InChI=1S/C18H16N2O.C17H15FN2O.C16H13FN2O2.C16H14O.C12H12N2O.C11H9N3O/c1-12-7-9-13(10-8-12)18-19-15-5-2-4-14-16(21)6-3-11-20(18)17(14)15;1-2-12-9-11(7-8-15(12)18)10-16-13-5-3-4-6-14(13)17(21)20-19-16;1-9-2-4-12(5-3-9)19-8-10-6-11(17)7-13(15(18)20)14(10)16(19)21;1-2-11-7-8-12-10-16(17)14-6-4-3-5-13(14)15(12)9-11;1-8-13-10-5-2-4-9-11(15)6-3-7-14(8)12(9)10;1-6-13-8-4-2-3-7-9(15)5-12-11(14-6)10(7)8/h2,4-5,7-10H,3,6,11H2,1H3;3-9H,2,10H2,1H3,(H,20,21);2-7H,8H2,1H3,(H2,18,20);3-9H,2,10H2,1H3;2,4-5H,3,6-7H2,1H3;2-4H,5H2,1H3,(H,12,13,14). The normalized spacial score (nSPS) is 13.5. The highest BCUT2D eigenvalue weighted by molar-refractivity contribution is 6.17. The van der Waals surface area contributed by atoms with Crippen LogP contribution in [0, 0.1) is 39.3 Å². The fourth-order valence-corrected chi connectivity index (χ4v) is 14.9. The van der Waals surface area contributed by atoms with Gasteiger partial charge in [-0.2, -0.15) is 5.10 Å². The number of anilines is 2. The fourth-order valence-electron chi connectivity index (χ4n) is 14.9. The number of aryl methyl sites for hydroxylation is 8. The van der Waals surface area contributed by atoms with Crippen molar-refractivity contribution in [1.82, 2.24) is 39.3 Å². The molecule has 0 saturated carbocycles. The Hall–Kier alpha value is -13.1. The highest BCUT2D eigenvalue weighted by Crippen LogP contribution is 2.37. The lowest BCUT2D eigenvalue weighted by Gasteiger charge is -2.19. The summed E-state index contributed by atoms with van der Waals surface area (Å²) in [7, 11) is 0. The Morgan fingerprint density at radius 1 is 0.536 bits per heavy atom. The predicted molar refractivity (Wildman–Crippen MR) is 425 cm³/mol. The number of aromatic nitrogens is 8. The number of carbonyl (C=O) groups excluding carboxylic acids is 6. The number of imidazole rings is 2. The number of carbonyl (C=O) groups is 6. The molecule has 550 valence electrons. The van der Waals surface area contributed by atoms with Crippen molar-refractivity contribution in [1.29, 1.82) is 0 Å². The van der Waals surface area contributed by atoms with Crippen LogP contribution < -0.4 is 21.5 Å². The molecular weight excluding hydrogens is 1390 g/mol. The van der Waals surface area contributed by atoms with Crippen LogP contribution in [0.5, 0.6) is 0 Å². The first-order valence-corrected chi connectivity index (χ1v) is 36.8. The molecule has 20 heteroatoms. The number of hydrogen-bond donors (Lipinski definition) is 3. The number of halogens is 2. The number of hydrogen-bond acceptors (Lipinski definition) is 13. The van der Waals surface area contributed by atoms with Gasteiger partial charge < -0.3 is 25.1 Å². The minimum atomic E-state index is -0.801. The topological polar surface area (TPSA) is 251 Å². The Morgan fingerprint density at radius 3 is 1.85 bits per heavy atom. The third-order valence-corrected chi connectivity index (χ3v) is 20.4. The van der Waals surface area contributed by atoms with Crippen LogP contribution in [0.2, 0.25) is 0 Å². The molecule has 0 bridgehead atoms. The Bertz CT molecular complexity index is 6080. The van der Waals surface area contributed by atoms with Crippen LogP contribution in [-0.4, -0.2) is 80.8 Å². The lowest BCUT2D eigenvalue weighted by Crippen LogP contribution is -2.24. The van der Waals surface area contributed by atoms with Gasteiger partial charge >= 0.3 is 0 Å². The van der Waals surface area contributed by atoms with Crippen LogP contribution in [0.4, 0.5) is 20.3 Å². The van der Waals surface area contributed by atoms with Crippen molar-refractivity contribution < 1.29 is 37.5 Å². The summed E-state index contributed by atoms with van der Waals surface area (Å²) in [6.07, 6.45) is 5.84. The SMILES string of the molecule is CCc1cc(Cc2n[nH]c(=O)c3ccccc23)ccc1F.CCc1ccc2c(c1)-c1ccccc1C(=O)C2.Cc1ccc(-c2nc3cccc4c3n2CCCC4=O)cc1.Cc1ccc(N2Cc3cc(F)cc(C(N)=O)c3C2=O)cc1.Cc1nc2c3c(cccc3n1)C(=O)CN2.Cc1nc2cccc3c2n1CCCC3=O. The molecule has 0 saturated heterocycles. The van der Waals surface area contributed by atoms with Gasteiger partial charge in [0.05, 0.1) is 68.3 Å². The maximum absolute atomic E-state index is 13.6. The monoisotopic (exact) mass is 1460 g/mol. The van der Waals surface area contributed by atoms with E-state index in [1.807, 2.05) is 155 Å². The minimum absolute atomic E-state index is 0.0652. The number of Topliss-reactive ketones (excluding diaryl/α,β-unsaturated/α-hetero) is 4. The Labute approximate surface area is 633 Å². The molecule has 18 nitrogen and oxygen atoms in total. The largest absolute Gasteiger partial charge is 0.366 e. The van der Waals surface area contributed by atoms with E-state index in [-0.39, 0.29) is 58.1 Å². The molecule has 2 amide bonds. The van der Waals surface area contributed by atoms with Crippen LogP contribution >= 0.6 is 0 Å². The van der Waals surface area contributed by atoms with E-state index < -0.39 is 11.7 Å². The Morgan fingerprint density at radius 2 is 1.15 bits per heavy atom. The van der Waals surface area contributed by atoms with E-state index in [1.165, 1.54) is 33.7 Å². The smallest absolute Gasteiger partial charge is 0.272 e. The fraction of sp³-hybridized carbons (Fsp3) is 0.200. The minimum Gasteiger partial charge on any atom is -0.366 e. The quantitative estimate of drug-likeness (QED) is 0.134. The van der Waals surface area contributed by atoms with Crippen molar-refractivity contribution in [2.24, 2.45) is 5.73 Å². The van der Waals surface area contributed by atoms with Crippen LogP contribution in [0.1, 0.15) is 158 Å². The summed E-state index contributed by atoms with van der Waals surface area (Å²) >= 11 is 0. The summed E-state index contributed by atoms with van der Waals surface area (Å²) in [6.45, 7) is 14.3. The number of ketones is 4. The van der Waals surface area contributed by atoms with E-state index in [0.29, 0.717) is 60.8 Å². The summed E-state index contributed by atoms with van der Waals surface area (Å²) in [5.74, 6) is 2.39. The van der Waals surface area contributed by atoms with E-state index in [4.69, 9.17) is 10.7 Å². The number of primary amides is 1. The van der Waals surface area contributed by atoms with Crippen molar-refractivity contribution in [2.75, 3.05) is 16.8 Å². The lowest BCUT2D eigenvalue weighted by molar-refractivity contribution is 0.0967. The van der Waals surface area contributed by atoms with E-state index in [2.05, 4.69) is 95.9 Å². The van der Waals surface area contributed by atoms with Gasteiger partial charge in [-0.25, -0.2) is 33.8 Å². The highest BCUT2D eigenvalue weighted by Gasteiger charge is 2.34. The molecule has 19 rings (SSSR count). The van der Waals surface area contributed by atoms with E-state index in [1.54, 1.807) is 12.1 Å². The van der Waals surface area contributed by atoms with E-state index in [0.717, 1.165) is 156 Å². The van der Waals surface area contributed by atoms with Crippen LogP contribution in [0.15, 0.2) is 205 Å². The molecule has 0 spiro atoms. The second-order valence-corrected chi connectivity index (χ2v) is 27.8. The first-order chi connectivity index (χ1) is 53.2. The van der Waals surface area contributed by atoms with Crippen LogP contribution in [-0.2, 0) is 45.3 Å². The molecule has 4 aromatic heterocycles. The van der Waals surface area contributed by atoms with Gasteiger partial charge in [-0.3, -0.25) is 33.6 Å². The van der Waals surface area contributed by atoms with Crippen molar-refractivity contribution >= 4 is 90.2 Å². The first-order valence-electron chi connectivity index (χ1n) is 36.8. The van der Waals surface area contributed by atoms with Crippen molar-refractivity contribution in [3.8, 4) is 22.5 Å². The molecule has 0 atom stereocenters. The van der Waals surface area contributed by atoms with Gasteiger partial charge in [-0.05, 0) is 159 Å². The van der Waals surface area contributed by atoms with Crippen LogP contribution in [0.25, 0.3) is 66.3 Å². The number of nitrogens with one attached hydrogen (secondary N) is 2. The van der Waals surface area contributed by atoms with Gasteiger partial charge in [-0.15, -0.1) is 0 Å². The number of fused-ring (bicyclic) bond motifs is 5. The molecule has 8 heterocycles. The predicted octanol–water partition coefficient (Wildman–Crippen LogP) is 17.1. The number of rotatable bonds is 7. The van der Waals surface area contributed by atoms with Crippen molar-refractivity contribution in [3.05, 3.63) is 312 Å². The second-order valence-electron chi connectivity index (χ2n) is 27.8. The molecule has 0 radical (unpaired) electrons. The molecule has 110 heavy (non-hydrogen) atoms. The van der Waals surface area contributed by atoms with E-state index >= 15 is 0 Å². The number of aromatic amines is 1. The zero-order valence-corrected chi connectivity index (χ0v) is 61.8. The first kappa shape index (κ1) is 73.8. The van der Waals surface area contributed by atoms with E-state index in [9.17, 15) is 42.3 Å². The maximum atomic E-state index is 13.6. The number of para-hydroxylation sites is 2. The molecule has 0 fully saturated rings. The zero-order chi connectivity index (χ0) is 77.0. The number of amides is 2. The van der Waals surface area contributed by atoms with Gasteiger partial charge in [0.1, 0.15) is 34.9 Å². The third kappa shape index (κ3) is 15.2. The number of benzene rings is 10. The summed E-state index contributed by atoms with van der Waals surface area (Å²) < 4.78 is 31.5. The Balaban J connectivity index is 0.000000111. The summed E-state index contributed by atoms with van der Waals surface area (Å²) in [6, 6.07) is 62.2. The zero-order valence-electron chi connectivity index (χ0n) is 61.8. The van der Waals surface area contributed by atoms with Crippen molar-refractivity contribution in [2.45, 2.75) is 113 Å². The molecule has 0 unspecified atom stereocenters. The van der Waals surface area contributed by atoms with Gasteiger partial charge in [0, 0.05) is 77.7 Å². The van der Waals surface area contributed by atoms with Gasteiger partial charge in [0.2, 0.25) is 5.91 Å². The molecule has 4 aliphatic heterocycles. The average Bonchev–Trinajstić information content (AvgIpc) is 1.52. The maximum Gasteiger partial charge on any atom is 0.272 e. The number of nitrogens with two attached hydrogens (primary N) is 1. The molecule has 1 aliphatic carbocycles. The van der Waals surface area contributed by atoms with Gasteiger partial charge in [0.15, 0.2) is 23.1 Å². The molecule has 10 aromatic carbocycles. The van der Waals surface area contributed by atoms with Crippen LogP contribution in [0.3, 0.4) is 0 Å². The molecule has 4 N–H and O–H groups in total. The average molecular weight is 1460 g/mol. The third-order valence-electron chi connectivity index (χ3n) is 20.4. The van der Waals surface area contributed by atoms with Gasteiger partial charge in [-0.1, -0.05) is 158 Å². The number of nitrogens with zero attached hydrogens (tertiary/aromatic N) is 8. The summed E-state index contributed by atoms with van der Waals surface area (Å²) in [4.78, 5) is 103. The highest BCUT2D eigenvalue weighted by atomic mass is 19.1. The van der Waals surface area contributed by atoms with Gasteiger partial charge in [0.25, 0.3) is 11.5 Å². The summed E-state index contributed by atoms with van der Waals surface area (Å²) in [5, 5.41) is 12.0. The molecule has 5 aliphatic rings. The second kappa shape index (κ2) is 31.8. The summed E-state index contributed by atoms with van der Waals surface area (Å²) in [5.41, 5.74) is 25.0.